The van der Waals surface area contributed by atoms with Crippen LogP contribution < -0.4 is 5.43 Å². The Bertz CT molecular complexity index is 848. The van der Waals surface area contributed by atoms with Crippen LogP contribution in [0.2, 0.25) is 4.34 Å². The first-order valence-electron chi connectivity index (χ1n) is 8.29. The molecule has 1 aliphatic heterocycles. The van der Waals surface area contributed by atoms with Crippen molar-refractivity contribution >= 4 is 46.1 Å². The minimum absolute atomic E-state index is 0.154. The molecule has 0 radical (unpaired) electrons. The van der Waals surface area contributed by atoms with E-state index in [0.29, 0.717) is 25.4 Å². The molecule has 0 bridgehead atoms. The van der Waals surface area contributed by atoms with Gasteiger partial charge < -0.3 is 9.84 Å². The van der Waals surface area contributed by atoms with Gasteiger partial charge in [-0.25, -0.2) is 4.79 Å². The molecule has 1 saturated heterocycles. The molecule has 7 nitrogen and oxygen atoms in total. The van der Waals surface area contributed by atoms with E-state index in [2.05, 4.69) is 15.4 Å². The number of morpholine rings is 1. The lowest BCUT2D eigenvalue weighted by Crippen LogP contribution is -2.35. The van der Waals surface area contributed by atoms with Crippen LogP contribution in [-0.4, -0.2) is 53.8 Å². The van der Waals surface area contributed by atoms with Gasteiger partial charge in [-0.1, -0.05) is 29.8 Å². The highest BCUT2D eigenvalue weighted by Gasteiger charge is 2.26. The summed E-state index contributed by atoms with van der Waals surface area (Å²) in [7, 11) is 0. The maximum absolute atomic E-state index is 12.7. The van der Waals surface area contributed by atoms with Crippen molar-refractivity contribution in [2.75, 3.05) is 31.7 Å². The molecule has 0 amide bonds. The number of carbonyl (C=O) groups excluding carboxylic acids is 1. The van der Waals surface area contributed by atoms with Gasteiger partial charge in [-0.05, 0) is 18.2 Å². The summed E-state index contributed by atoms with van der Waals surface area (Å²) >= 11 is 7.48. The monoisotopic (exact) mass is 407 g/mol. The highest BCUT2D eigenvalue weighted by atomic mass is 35.5. The number of anilines is 1. The van der Waals surface area contributed by atoms with Crippen LogP contribution in [-0.2, 0) is 16.1 Å². The fourth-order valence-corrected chi connectivity index (χ4v) is 3.94. The highest BCUT2D eigenvalue weighted by molar-refractivity contribution is 7.16. The number of hydrazone groups is 1. The van der Waals surface area contributed by atoms with Gasteiger partial charge in [-0.15, -0.1) is 11.3 Å². The van der Waals surface area contributed by atoms with Crippen molar-refractivity contribution in [2.24, 2.45) is 5.10 Å². The van der Waals surface area contributed by atoms with Gasteiger partial charge in [0.1, 0.15) is 4.34 Å². The lowest BCUT2D eigenvalue weighted by Gasteiger charge is -2.25. The maximum Gasteiger partial charge on any atom is 0.360 e. The van der Waals surface area contributed by atoms with Crippen LogP contribution in [0.3, 0.4) is 0 Å². The van der Waals surface area contributed by atoms with Crippen LogP contribution in [0.5, 0.6) is 0 Å². The summed E-state index contributed by atoms with van der Waals surface area (Å²) in [6, 6.07) is 10.4. The summed E-state index contributed by atoms with van der Waals surface area (Å²) in [4.78, 5) is 27.3. The first kappa shape index (κ1) is 19.5. The van der Waals surface area contributed by atoms with Crippen molar-refractivity contribution < 1.29 is 19.4 Å². The molecule has 27 heavy (non-hydrogen) atoms. The molecule has 1 fully saturated rings. The van der Waals surface area contributed by atoms with Gasteiger partial charge in [0, 0.05) is 24.5 Å². The van der Waals surface area contributed by atoms with Crippen LogP contribution in [0, 0.1) is 0 Å². The number of Topliss-reactive ketones (excluding diaryl/α,β-unsaturated/α-hetero) is 1. The summed E-state index contributed by atoms with van der Waals surface area (Å²) < 4.78 is 5.58. The van der Waals surface area contributed by atoms with Crippen LogP contribution in [0.1, 0.15) is 15.2 Å². The number of nitrogens with zero attached hydrogens (tertiary/aromatic N) is 2. The number of hydrogen-bond donors (Lipinski definition) is 2. The van der Waals surface area contributed by atoms with E-state index in [1.54, 1.807) is 30.3 Å². The van der Waals surface area contributed by atoms with Crippen molar-refractivity contribution in [3.8, 4) is 0 Å². The summed E-state index contributed by atoms with van der Waals surface area (Å²) in [5.41, 5.74) is 2.71. The number of carbonyl (C=O) groups is 2. The van der Waals surface area contributed by atoms with Gasteiger partial charge in [0.2, 0.25) is 11.5 Å². The summed E-state index contributed by atoms with van der Waals surface area (Å²) in [5, 5.41) is 13.2. The van der Waals surface area contributed by atoms with E-state index in [9.17, 15) is 14.7 Å². The zero-order valence-corrected chi connectivity index (χ0v) is 15.9. The second-order valence-corrected chi connectivity index (χ2v) is 7.60. The van der Waals surface area contributed by atoms with Crippen molar-refractivity contribution in [3.63, 3.8) is 0 Å². The Morgan fingerprint density at radius 1 is 1.26 bits per heavy atom. The predicted molar refractivity (Wildman–Crippen MR) is 105 cm³/mol. The van der Waals surface area contributed by atoms with E-state index in [1.165, 1.54) is 11.3 Å². The maximum atomic E-state index is 12.7. The molecule has 1 aromatic carbocycles. The Hall–Kier alpha value is -2.26. The third kappa shape index (κ3) is 5.14. The highest BCUT2D eigenvalue weighted by Crippen LogP contribution is 2.29. The molecule has 0 saturated carbocycles. The number of para-hydroxylation sites is 1. The molecule has 1 aromatic heterocycles. The minimum Gasteiger partial charge on any atom is -0.476 e. The molecule has 1 aliphatic rings. The summed E-state index contributed by atoms with van der Waals surface area (Å²) in [5.74, 6) is -2.14. The number of nitrogens with one attached hydrogen (secondary N) is 1. The fraction of sp³-hybridized carbons (Fsp3) is 0.278. The number of thiophene rings is 1. The molecule has 0 atom stereocenters. The Labute approximate surface area is 165 Å². The SMILES string of the molecule is O=C(O)C(=NNc1ccccc1)C(=O)c1cc(CN2CCOCC2)sc1Cl. The van der Waals surface area contributed by atoms with Gasteiger partial charge in [0.15, 0.2) is 0 Å². The van der Waals surface area contributed by atoms with Crippen molar-refractivity contribution in [1.29, 1.82) is 0 Å². The molecule has 9 heteroatoms. The zero-order valence-electron chi connectivity index (χ0n) is 14.4. The van der Waals surface area contributed by atoms with E-state index in [4.69, 9.17) is 16.3 Å². The number of ether oxygens (including phenoxy) is 1. The van der Waals surface area contributed by atoms with Crippen LogP contribution in [0.15, 0.2) is 41.5 Å². The van der Waals surface area contributed by atoms with E-state index >= 15 is 0 Å². The average Bonchev–Trinajstić information content (AvgIpc) is 3.03. The Morgan fingerprint density at radius 2 is 1.96 bits per heavy atom. The molecule has 2 heterocycles. The number of halogens is 1. The van der Waals surface area contributed by atoms with E-state index in [-0.39, 0.29) is 9.90 Å². The number of carboxylic acids is 1. The Morgan fingerprint density at radius 3 is 2.63 bits per heavy atom. The number of ketones is 1. The Kier molecular flexibility index (Phi) is 6.57. The molecular formula is C18H18ClN3O4S. The first-order valence-corrected chi connectivity index (χ1v) is 9.49. The first-order chi connectivity index (χ1) is 13.0. The lowest BCUT2D eigenvalue weighted by atomic mass is 10.1. The predicted octanol–water partition coefficient (Wildman–Crippen LogP) is 2.97. The molecular weight excluding hydrogens is 390 g/mol. The van der Waals surface area contributed by atoms with Crippen LogP contribution in [0.25, 0.3) is 0 Å². The number of hydrogen-bond acceptors (Lipinski definition) is 7. The molecule has 0 aliphatic carbocycles. The van der Waals surface area contributed by atoms with E-state index < -0.39 is 17.5 Å². The molecule has 2 N–H and O–H groups in total. The van der Waals surface area contributed by atoms with Gasteiger partial charge in [0.25, 0.3) is 0 Å². The minimum atomic E-state index is -1.42. The van der Waals surface area contributed by atoms with E-state index in [0.717, 1.165) is 18.0 Å². The number of benzene rings is 1. The Balaban J connectivity index is 1.76. The van der Waals surface area contributed by atoms with Crippen molar-refractivity contribution in [1.82, 2.24) is 4.90 Å². The zero-order chi connectivity index (χ0) is 19.2. The largest absolute Gasteiger partial charge is 0.476 e. The van der Waals surface area contributed by atoms with Crippen molar-refractivity contribution in [3.05, 3.63) is 51.2 Å². The lowest BCUT2D eigenvalue weighted by molar-refractivity contribution is -0.129. The van der Waals surface area contributed by atoms with E-state index in [1.807, 2.05) is 6.07 Å². The second-order valence-electron chi connectivity index (χ2n) is 5.86. The number of aliphatic carboxylic acids is 1. The molecule has 0 spiro atoms. The third-order valence-corrected chi connectivity index (χ3v) is 5.30. The quantitative estimate of drug-likeness (QED) is 0.317. The van der Waals surface area contributed by atoms with Crippen molar-refractivity contribution in [2.45, 2.75) is 6.54 Å². The molecule has 3 rings (SSSR count). The van der Waals surface area contributed by atoms with Gasteiger partial charge in [0.05, 0.1) is 24.5 Å². The smallest absolute Gasteiger partial charge is 0.360 e. The third-order valence-electron chi connectivity index (χ3n) is 3.95. The van der Waals surface area contributed by atoms with Crippen LogP contribution >= 0.6 is 22.9 Å². The van der Waals surface area contributed by atoms with Gasteiger partial charge in [-0.2, -0.15) is 5.10 Å². The molecule has 142 valence electrons. The normalized spacial score (nSPS) is 15.5. The number of carboxylic acid groups (broad SMARTS) is 1. The van der Waals surface area contributed by atoms with Gasteiger partial charge >= 0.3 is 5.97 Å². The summed E-state index contributed by atoms with van der Waals surface area (Å²) in [6.45, 7) is 3.60. The standard InChI is InChI=1S/C18H18ClN3O4S/c19-17-14(10-13(27-17)11-22-6-8-26-9-7-22)16(23)15(18(24)25)21-20-12-4-2-1-3-5-12/h1-5,10,20H,6-9,11H2,(H,24,25). The molecule has 2 aromatic rings. The molecule has 0 unspecified atom stereocenters. The van der Waals surface area contributed by atoms with Gasteiger partial charge in [-0.3, -0.25) is 15.1 Å². The second kappa shape index (κ2) is 9.09. The average molecular weight is 408 g/mol. The summed E-state index contributed by atoms with van der Waals surface area (Å²) in [6.07, 6.45) is 0. The van der Waals surface area contributed by atoms with Crippen LogP contribution in [0.4, 0.5) is 5.69 Å². The number of rotatable bonds is 7. The topological polar surface area (TPSA) is 91.2 Å². The fourth-order valence-electron chi connectivity index (χ4n) is 2.59.